The van der Waals surface area contributed by atoms with Crippen LogP contribution in [0.15, 0.2) is 22.7 Å². The van der Waals surface area contributed by atoms with Gasteiger partial charge in [0.05, 0.1) is 10.4 Å². The Balaban J connectivity index is 1.91. The molecule has 0 bridgehead atoms. The number of carboxylic acids is 1. The van der Waals surface area contributed by atoms with Gasteiger partial charge in [0.2, 0.25) is 0 Å². The molecule has 1 aliphatic carbocycles. The van der Waals surface area contributed by atoms with Gasteiger partial charge in [0.15, 0.2) is 6.61 Å². The van der Waals surface area contributed by atoms with Crippen molar-refractivity contribution in [3.63, 3.8) is 0 Å². The van der Waals surface area contributed by atoms with Crippen LogP contribution in [0.4, 0.5) is 4.39 Å². The molecule has 0 aromatic heterocycles. The summed E-state index contributed by atoms with van der Waals surface area (Å²) in [6.45, 7) is -0.243. The van der Waals surface area contributed by atoms with E-state index in [4.69, 9.17) is 4.74 Å². The third-order valence-corrected chi connectivity index (χ3v) is 4.55. The second-order valence-corrected chi connectivity index (χ2v) is 6.47. The number of ether oxygens (including phenoxy) is 1. The topological polar surface area (TPSA) is 75.6 Å². The molecule has 1 saturated carbocycles. The number of benzene rings is 1. The van der Waals surface area contributed by atoms with Gasteiger partial charge in [-0.05, 0) is 47.0 Å². The molecule has 7 heteroatoms. The monoisotopic (exact) mass is 387 g/mol. The Labute approximate surface area is 142 Å². The summed E-state index contributed by atoms with van der Waals surface area (Å²) < 4.78 is 18.8. The first kappa shape index (κ1) is 17.7. The van der Waals surface area contributed by atoms with Crippen LogP contribution in [0, 0.1) is 11.7 Å². The fraction of sp³-hybridized carbons (Fsp3) is 0.500. The van der Waals surface area contributed by atoms with E-state index < -0.39 is 17.7 Å². The van der Waals surface area contributed by atoms with Crippen LogP contribution < -0.4 is 10.1 Å². The van der Waals surface area contributed by atoms with E-state index in [-0.39, 0.29) is 18.6 Å². The van der Waals surface area contributed by atoms with Crippen molar-refractivity contribution in [1.29, 1.82) is 0 Å². The number of hydrogen-bond acceptors (Lipinski definition) is 3. The maximum atomic E-state index is 13.0. The van der Waals surface area contributed by atoms with Gasteiger partial charge in [0.1, 0.15) is 11.6 Å². The first-order valence-electron chi connectivity index (χ1n) is 7.57. The molecule has 126 valence electrons. The lowest BCUT2D eigenvalue weighted by molar-refractivity contribution is -0.143. The summed E-state index contributed by atoms with van der Waals surface area (Å²) >= 11 is 3.16. The van der Waals surface area contributed by atoms with Gasteiger partial charge in [-0.1, -0.05) is 19.3 Å². The Bertz CT molecular complexity index is 581. The summed E-state index contributed by atoms with van der Waals surface area (Å²) in [5, 5.41) is 12.0. The van der Waals surface area contributed by atoms with Crippen molar-refractivity contribution >= 4 is 27.8 Å². The van der Waals surface area contributed by atoms with Gasteiger partial charge in [-0.2, -0.15) is 0 Å². The second kappa shape index (κ2) is 8.29. The average Bonchev–Trinajstić information content (AvgIpc) is 2.72. The summed E-state index contributed by atoms with van der Waals surface area (Å²) in [5.74, 6) is -1.86. The van der Waals surface area contributed by atoms with E-state index in [0.717, 1.165) is 19.3 Å². The first-order valence-corrected chi connectivity index (χ1v) is 8.36. The molecule has 0 saturated heterocycles. The molecular weight excluding hydrogens is 369 g/mol. The van der Waals surface area contributed by atoms with E-state index in [9.17, 15) is 19.1 Å². The highest BCUT2D eigenvalue weighted by Gasteiger charge is 2.30. The molecular formula is C16H19BrFNO4. The van der Waals surface area contributed by atoms with Crippen molar-refractivity contribution in [3.05, 3.63) is 28.5 Å². The van der Waals surface area contributed by atoms with Crippen LogP contribution in [0.3, 0.4) is 0 Å². The van der Waals surface area contributed by atoms with E-state index in [1.807, 2.05) is 0 Å². The minimum atomic E-state index is -0.876. The smallest absolute Gasteiger partial charge is 0.308 e. The molecule has 0 spiro atoms. The molecule has 0 heterocycles. The van der Waals surface area contributed by atoms with Gasteiger partial charge in [0.25, 0.3) is 5.91 Å². The summed E-state index contributed by atoms with van der Waals surface area (Å²) in [4.78, 5) is 23.4. The molecule has 1 amide bonds. The van der Waals surface area contributed by atoms with Crippen LogP contribution >= 0.6 is 15.9 Å². The molecule has 2 atom stereocenters. The number of rotatable bonds is 5. The molecule has 1 aliphatic rings. The summed E-state index contributed by atoms with van der Waals surface area (Å²) in [6.07, 6.45) is 3.98. The number of amides is 1. The minimum Gasteiger partial charge on any atom is -0.483 e. The number of aliphatic carboxylic acids is 1. The lowest BCUT2D eigenvalue weighted by Gasteiger charge is -2.22. The van der Waals surface area contributed by atoms with Gasteiger partial charge in [0, 0.05) is 6.04 Å². The summed E-state index contributed by atoms with van der Waals surface area (Å²) in [7, 11) is 0. The van der Waals surface area contributed by atoms with Crippen LogP contribution in [-0.2, 0) is 9.59 Å². The second-order valence-electron chi connectivity index (χ2n) is 5.62. The molecule has 1 aromatic rings. The average molecular weight is 388 g/mol. The van der Waals surface area contributed by atoms with Crippen molar-refractivity contribution in [2.24, 2.45) is 5.92 Å². The molecule has 2 N–H and O–H groups in total. The van der Waals surface area contributed by atoms with Gasteiger partial charge in [-0.25, -0.2) is 4.39 Å². The van der Waals surface area contributed by atoms with E-state index in [2.05, 4.69) is 21.2 Å². The SMILES string of the molecule is O=C(COc1ccc(F)cc1Br)N[C@H]1CCCCC[C@H]1C(=O)O. The van der Waals surface area contributed by atoms with Crippen LogP contribution in [0.5, 0.6) is 5.75 Å². The normalized spacial score (nSPS) is 21.3. The number of hydrogen-bond donors (Lipinski definition) is 2. The molecule has 5 nitrogen and oxygen atoms in total. The van der Waals surface area contributed by atoms with Crippen molar-refractivity contribution in [1.82, 2.24) is 5.32 Å². The van der Waals surface area contributed by atoms with Crippen molar-refractivity contribution in [2.45, 2.75) is 38.1 Å². The molecule has 0 unspecified atom stereocenters. The Morgan fingerprint density at radius 2 is 2.04 bits per heavy atom. The predicted octanol–water partition coefficient (Wildman–Crippen LogP) is 3.12. The molecule has 0 radical (unpaired) electrons. The third-order valence-electron chi connectivity index (χ3n) is 3.93. The zero-order valence-electron chi connectivity index (χ0n) is 12.6. The van der Waals surface area contributed by atoms with Crippen LogP contribution in [-0.4, -0.2) is 29.6 Å². The number of nitrogens with one attached hydrogen (secondary N) is 1. The lowest BCUT2D eigenvalue weighted by Crippen LogP contribution is -2.44. The first-order chi connectivity index (χ1) is 11.0. The van der Waals surface area contributed by atoms with Crippen molar-refractivity contribution in [2.75, 3.05) is 6.61 Å². The van der Waals surface area contributed by atoms with Crippen LogP contribution in [0.1, 0.15) is 32.1 Å². The van der Waals surface area contributed by atoms with Gasteiger partial charge >= 0.3 is 5.97 Å². The molecule has 1 aromatic carbocycles. The number of halogens is 2. The van der Waals surface area contributed by atoms with E-state index >= 15 is 0 Å². The molecule has 1 fully saturated rings. The zero-order valence-corrected chi connectivity index (χ0v) is 14.1. The maximum Gasteiger partial charge on any atom is 0.308 e. The highest BCUT2D eigenvalue weighted by Crippen LogP contribution is 2.26. The number of carboxylic acid groups (broad SMARTS) is 1. The van der Waals surface area contributed by atoms with Gasteiger partial charge < -0.3 is 15.2 Å². The molecule has 0 aliphatic heterocycles. The standard InChI is InChI=1S/C16H19BrFNO4/c17-12-8-10(18)6-7-14(12)23-9-15(20)19-13-5-3-1-2-4-11(13)16(21)22/h6-8,11,13H,1-5,9H2,(H,19,20)(H,21,22)/t11-,13+/m1/s1. The summed E-state index contributed by atoms with van der Waals surface area (Å²) in [5.41, 5.74) is 0. The van der Waals surface area contributed by atoms with Crippen LogP contribution in [0.25, 0.3) is 0 Å². The number of carbonyl (C=O) groups is 2. The fourth-order valence-corrected chi connectivity index (χ4v) is 3.23. The zero-order chi connectivity index (χ0) is 16.8. The highest BCUT2D eigenvalue weighted by atomic mass is 79.9. The Kier molecular flexibility index (Phi) is 6.38. The molecule has 23 heavy (non-hydrogen) atoms. The van der Waals surface area contributed by atoms with Gasteiger partial charge in [-0.15, -0.1) is 0 Å². The largest absolute Gasteiger partial charge is 0.483 e. The quantitative estimate of drug-likeness (QED) is 0.761. The highest BCUT2D eigenvalue weighted by molar-refractivity contribution is 9.10. The maximum absolute atomic E-state index is 13.0. The van der Waals surface area contributed by atoms with E-state index in [0.29, 0.717) is 23.1 Å². The minimum absolute atomic E-state index is 0.243. The van der Waals surface area contributed by atoms with Crippen LogP contribution in [0.2, 0.25) is 0 Å². The fourth-order valence-electron chi connectivity index (χ4n) is 2.76. The number of carbonyl (C=O) groups excluding carboxylic acids is 1. The third kappa shape index (κ3) is 5.20. The van der Waals surface area contributed by atoms with E-state index in [1.165, 1.54) is 18.2 Å². The lowest BCUT2D eigenvalue weighted by atomic mass is 9.95. The Morgan fingerprint density at radius 1 is 1.30 bits per heavy atom. The Hall–Kier alpha value is -1.63. The van der Waals surface area contributed by atoms with Gasteiger partial charge in [-0.3, -0.25) is 9.59 Å². The van der Waals surface area contributed by atoms with Crippen molar-refractivity contribution in [3.8, 4) is 5.75 Å². The Morgan fingerprint density at radius 3 is 2.74 bits per heavy atom. The molecule has 2 rings (SSSR count). The predicted molar refractivity (Wildman–Crippen MR) is 85.7 cm³/mol. The van der Waals surface area contributed by atoms with Crippen molar-refractivity contribution < 1.29 is 23.8 Å². The summed E-state index contributed by atoms with van der Waals surface area (Å²) in [6, 6.07) is 3.55. The van der Waals surface area contributed by atoms with E-state index in [1.54, 1.807) is 0 Å².